The number of hydrogen-bond donors (Lipinski definition) is 0. The smallest absolute Gasteiger partial charge is 0.159 e. The fourth-order valence-electron chi connectivity index (χ4n) is 2.56. The summed E-state index contributed by atoms with van der Waals surface area (Å²) in [5.74, 6) is -0.479. The second kappa shape index (κ2) is 13.2. The lowest BCUT2D eigenvalue weighted by Gasteiger charge is -2.01. The zero-order valence-corrected chi connectivity index (χ0v) is 17.9. The molecule has 0 aliphatic rings. The van der Waals surface area contributed by atoms with Gasteiger partial charge in [-0.05, 0) is 36.6 Å². The highest BCUT2D eigenvalue weighted by molar-refractivity contribution is 5.93. The molecule has 0 unspecified atom stereocenters. The Labute approximate surface area is 173 Å². The normalized spacial score (nSPS) is 9.55. The number of aromatic nitrogens is 2. The number of nitrogens with zero attached hydrogens (tertiary/aromatic N) is 2. The van der Waals surface area contributed by atoms with Gasteiger partial charge in [0.25, 0.3) is 0 Å². The molecule has 4 heteroatoms. The summed E-state index contributed by atoms with van der Waals surface area (Å²) in [5, 5.41) is 4.37. The summed E-state index contributed by atoms with van der Waals surface area (Å²) in [7, 11) is 0. The lowest BCUT2D eigenvalue weighted by molar-refractivity contribution is 0.101. The van der Waals surface area contributed by atoms with E-state index in [0.29, 0.717) is 5.56 Å². The third-order valence-electron chi connectivity index (χ3n) is 4.01. The predicted octanol–water partition coefficient (Wildman–Crippen LogP) is 6.80. The summed E-state index contributed by atoms with van der Waals surface area (Å²) in [4.78, 5) is 10.6. The summed E-state index contributed by atoms with van der Waals surface area (Å²) < 4.78 is 14.3. The average molecular weight is 395 g/mol. The number of Topliss-reactive ketones (excluding diaryl/α,β-unsaturated/α-hetero) is 1. The fraction of sp³-hybridized carbons (Fsp3) is 0.280. The van der Waals surface area contributed by atoms with E-state index in [0.717, 1.165) is 24.9 Å². The topological polar surface area (TPSA) is 34.9 Å². The van der Waals surface area contributed by atoms with Crippen molar-refractivity contribution in [3.8, 4) is 0 Å². The van der Waals surface area contributed by atoms with Crippen molar-refractivity contribution in [1.29, 1.82) is 0 Å². The van der Waals surface area contributed by atoms with Crippen LogP contribution in [0.25, 0.3) is 5.57 Å². The van der Waals surface area contributed by atoms with Gasteiger partial charge in [-0.25, -0.2) is 4.39 Å². The standard InChI is InChI=1S/C15H18N2.C8H7FO.C2H6/c1-3-7-13(2)15-10-16-17(12-15)11-14-8-5-4-6-9-14;1-6(10)7-3-2-4-8(9)5-7;1-2/h4-6,8-10,12H,2-3,7,11H2,1H3;2-5H,1H3;1-2H3. The summed E-state index contributed by atoms with van der Waals surface area (Å²) in [6, 6.07) is 16.0. The van der Waals surface area contributed by atoms with E-state index in [1.807, 2.05) is 30.8 Å². The number of hydrogen-bond acceptors (Lipinski definition) is 2. The number of rotatable bonds is 6. The third-order valence-corrected chi connectivity index (χ3v) is 4.01. The van der Waals surface area contributed by atoms with Crippen molar-refractivity contribution in [3.05, 3.63) is 96.1 Å². The van der Waals surface area contributed by atoms with Crippen LogP contribution in [0, 0.1) is 5.82 Å². The Kier molecular flexibility index (Phi) is 10.9. The molecular formula is C25H31FN2O. The molecule has 0 radical (unpaired) electrons. The summed E-state index contributed by atoms with van der Waals surface area (Å²) in [6.07, 6.45) is 6.14. The number of halogens is 1. The molecule has 29 heavy (non-hydrogen) atoms. The number of carbonyl (C=O) groups excluding carboxylic acids is 1. The van der Waals surface area contributed by atoms with Gasteiger partial charge in [-0.1, -0.05) is 76.2 Å². The lowest BCUT2D eigenvalue weighted by atomic mass is 10.1. The molecule has 0 aliphatic carbocycles. The molecule has 0 bridgehead atoms. The molecule has 3 rings (SSSR count). The van der Waals surface area contributed by atoms with Gasteiger partial charge in [-0.15, -0.1) is 0 Å². The van der Waals surface area contributed by atoms with Gasteiger partial charge in [0.15, 0.2) is 5.78 Å². The largest absolute Gasteiger partial charge is 0.295 e. The number of ketones is 1. The number of benzene rings is 2. The number of carbonyl (C=O) groups is 1. The first-order chi connectivity index (χ1) is 14.0. The highest BCUT2D eigenvalue weighted by atomic mass is 19.1. The van der Waals surface area contributed by atoms with Crippen molar-refractivity contribution < 1.29 is 9.18 Å². The van der Waals surface area contributed by atoms with E-state index in [9.17, 15) is 9.18 Å². The van der Waals surface area contributed by atoms with Crippen LogP contribution in [0.5, 0.6) is 0 Å². The van der Waals surface area contributed by atoms with E-state index in [4.69, 9.17) is 0 Å². The second-order valence-electron chi connectivity index (χ2n) is 6.33. The Morgan fingerprint density at radius 1 is 1.07 bits per heavy atom. The first-order valence-electron chi connectivity index (χ1n) is 10.0. The molecule has 0 fully saturated rings. The third kappa shape index (κ3) is 8.69. The maximum absolute atomic E-state index is 12.4. The molecule has 0 atom stereocenters. The Morgan fingerprint density at radius 2 is 1.76 bits per heavy atom. The van der Waals surface area contributed by atoms with Gasteiger partial charge in [0.2, 0.25) is 0 Å². The average Bonchev–Trinajstić information content (AvgIpc) is 3.20. The molecular weight excluding hydrogens is 363 g/mol. The van der Waals surface area contributed by atoms with E-state index in [1.54, 1.807) is 6.07 Å². The first kappa shape index (κ1) is 24.0. The first-order valence-corrected chi connectivity index (χ1v) is 10.0. The van der Waals surface area contributed by atoms with Crippen LogP contribution in [0.1, 0.15) is 62.0 Å². The Morgan fingerprint density at radius 3 is 2.31 bits per heavy atom. The zero-order chi connectivity index (χ0) is 21.6. The zero-order valence-electron chi connectivity index (χ0n) is 17.9. The predicted molar refractivity (Wildman–Crippen MR) is 119 cm³/mol. The monoisotopic (exact) mass is 394 g/mol. The summed E-state index contributed by atoms with van der Waals surface area (Å²) >= 11 is 0. The van der Waals surface area contributed by atoms with Gasteiger partial charge in [0.1, 0.15) is 5.82 Å². The lowest BCUT2D eigenvalue weighted by Crippen LogP contribution is -1.99. The molecule has 1 aromatic heterocycles. The minimum Gasteiger partial charge on any atom is -0.295 e. The van der Waals surface area contributed by atoms with Gasteiger partial charge in [0.05, 0.1) is 12.7 Å². The minimum atomic E-state index is -0.368. The van der Waals surface area contributed by atoms with Crippen molar-refractivity contribution in [2.24, 2.45) is 0 Å². The molecule has 3 nitrogen and oxygen atoms in total. The van der Waals surface area contributed by atoms with E-state index in [1.165, 1.54) is 36.3 Å². The highest BCUT2D eigenvalue weighted by Gasteiger charge is 2.02. The van der Waals surface area contributed by atoms with Gasteiger partial charge >= 0.3 is 0 Å². The van der Waals surface area contributed by atoms with Crippen LogP contribution in [-0.4, -0.2) is 15.6 Å². The van der Waals surface area contributed by atoms with Crippen molar-refractivity contribution in [2.45, 2.75) is 47.1 Å². The quantitative estimate of drug-likeness (QED) is 0.431. The molecule has 0 saturated carbocycles. The molecule has 0 aliphatic heterocycles. The van der Waals surface area contributed by atoms with E-state index in [2.05, 4.69) is 49.1 Å². The molecule has 3 aromatic rings. The van der Waals surface area contributed by atoms with Gasteiger partial charge in [0, 0.05) is 17.3 Å². The van der Waals surface area contributed by atoms with Crippen LogP contribution in [0.2, 0.25) is 0 Å². The van der Waals surface area contributed by atoms with E-state index in [-0.39, 0.29) is 11.6 Å². The van der Waals surface area contributed by atoms with Crippen LogP contribution in [0.15, 0.2) is 73.6 Å². The Balaban J connectivity index is 0.000000299. The van der Waals surface area contributed by atoms with Crippen LogP contribution in [-0.2, 0) is 6.54 Å². The van der Waals surface area contributed by atoms with E-state index >= 15 is 0 Å². The SMILES string of the molecule is C=C(CCC)c1cnn(Cc2ccccc2)c1.CC.CC(=O)c1cccc(F)c1. The van der Waals surface area contributed by atoms with Crippen molar-refractivity contribution in [1.82, 2.24) is 9.78 Å². The molecule has 0 saturated heterocycles. The maximum atomic E-state index is 12.4. The van der Waals surface area contributed by atoms with Crippen LogP contribution >= 0.6 is 0 Å². The van der Waals surface area contributed by atoms with Crippen LogP contribution < -0.4 is 0 Å². The summed E-state index contributed by atoms with van der Waals surface area (Å²) in [6.45, 7) is 12.5. The molecule has 154 valence electrons. The van der Waals surface area contributed by atoms with E-state index < -0.39 is 0 Å². The Bertz CT molecular complexity index is 885. The molecule has 0 N–H and O–H groups in total. The van der Waals surface area contributed by atoms with Gasteiger partial charge < -0.3 is 0 Å². The maximum Gasteiger partial charge on any atom is 0.159 e. The van der Waals surface area contributed by atoms with Crippen LogP contribution in [0.3, 0.4) is 0 Å². The molecule has 0 spiro atoms. The molecule has 2 aromatic carbocycles. The minimum absolute atomic E-state index is 0.112. The van der Waals surface area contributed by atoms with Gasteiger partial charge in [-0.3, -0.25) is 9.48 Å². The second-order valence-corrected chi connectivity index (χ2v) is 6.33. The summed E-state index contributed by atoms with van der Waals surface area (Å²) in [5.41, 5.74) is 4.01. The fourth-order valence-corrected chi connectivity index (χ4v) is 2.56. The van der Waals surface area contributed by atoms with Crippen molar-refractivity contribution in [2.75, 3.05) is 0 Å². The van der Waals surface area contributed by atoms with Crippen molar-refractivity contribution in [3.63, 3.8) is 0 Å². The Hall–Kier alpha value is -3.01. The van der Waals surface area contributed by atoms with Crippen LogP contribution in [0.4, 0.5) is 4.39 Å². The van der Waals surface area contributed by atoms with Crippen molar-refractivity contribution >= 4 is 11.4 Å². The number of allylic oxidation sites excluding steroid dienone is 1. The molecule has 1 heterocycles. The van der Waals surface area contributed by atoms with Gasteiger partial charge in [-0.2, -0.15) is 5.10 Å². The highest BCUT2D eigenvalue weighted by Crippen LogP contribution is 2.17. The molecule has 0 amide bonds.